The molecule has 1 aromatic carbocycles. The van der Waals surface area contributed by atoms with Crippen LogP contribution in [-0.4, -0.2) is 25.6 Å². The van der Waals surface area contributed by atoms with E-state index in [1.807, 2.05) is 45.2 Å². The molecule has 4 nitrogen and oxygen atoms in total. The highest BCUT2D eigenvalue weighted by atomic mass is 16.5. The van der Waals surface area contributed by atoms with Crippen LogP contribution >= 0.6 is 0 Å². The number of rotatable bonds is 7. The second-order valence-electron chi connectivity index (χ2n) is 4.34. The Hall–Kier alpha value is -1.55. The van der Waals surface area contributed by atoms with Crippen molar-refractivity contribution < 1.29 is 9.53 Å². The minimum atomic E-state index is -0.0802. The molecule has 0 heterocycles. The largest absolute Gasteiger partial charge is 0.484 e. The number of carbonyl (C=O) groups excluding carboxylic acids is 1. The van der Waals surface area contributed by atoms with Gasteiger partial charge < -0.3 is 15.4 Å². The molecule has 0 aliphatic carbocycles. The van der Waals surface area contributed by atoms with Crippen molar-refractivity contribution in [3.63, 3.8) is 0 Å². The molecule has 100 valence electrons. The molecule has 0 fully saturated rings. The molecular formula is C14H22N2O2. The van der Waals surface area contributed by atoms with Crippen molar-refractivity contribution in [2.24, 2.45) is 0 Å². The summed E-state index contributed by atoms with van der Waals surface area (Å²) in [4.78, 5) is 11.5. The lowest BCUT2D eigenvalue weighted by Gasteiger charge is -2.12. The first-order valence-electron chi connectivity index (χ1n) is 6.31. The van der Waals surface area contributed by atoms with Crippen molar-refractivity contribution >= 4 is 5.91 Å². The van der Waals surface area contributed by atoms with Crippen LogP contribution in [-0.2, 0) is 11.3 Å². The lowest BCUT2D eigenvalue weighted by atomic mass is 10.2. The third-order valence-corrected chi connectivity index (χ3v) is 2.67. The van der Waals surface area contributed by atoms with Crippen LogP contribution in [0.2, 0.25) is 0 Å². The van der Waals surface area contributed by atoms with E-state index in [4.69, 9.17) is 4.74 Å². The lowest BCUT2D eigenvalue weighted by Crippen LogP contribution is -2.35. The fourth-order valence-electron chi connectivity index (χ4n) is 1.52. The Morgan fingerprint density at radius 3 is 2.89 bits per heavy atom. The second kappa shape index (κ2) is 7.71. The van der Waals surface area contributed by atoms with Gasteiger partial charge in [0.05, 0.1) is 0 Å². The van der Waals surface area contributed by atoms with E-state index in [1.165, 1.54) is 0 Å². The van der Waals surface area contributed by atoms with Crippen molar-refractivity contribution in [1.29, 1.82) is 0 Å². The van der Waals surface area contributed by atoms with E-state index in [0.717, 1.165) is 24.3 Å². The van der Waals surface area contributed by atoms with Crippen molar-refractivity contribution in [2.75, 3.05) is 13.7 Å². The summed E-state index contributed by atoms with van der Waals surface area (Å²) >= 11 is 0. The average Bonchev–Trinajstić information content (AvgIpc) is 2.37. The van der Waals surface area contributed by atoms with Gasteiger partial charge in [-0.2, -0.15) is 0 Å². The molecule has 1 atom stereocenters. The predicted molar refractivity (Wildman–Crippen MR) is 72.6 cm³/mol. The highest BCUT2D eigenvalue weighted by molar-refractivity contribution is 5.77. The molecule has 0 saturated carbocycles. The van der Waals surface area contributed by atoms with Crippen LogP contribution in [0, 0.1) is 0 Å². The zero-order valence-electron chi connectivity index (χ0n) is 11.3. The number of hydrogen-bond acceptors (Lipinski definition) is 3. The highest BCUT2D eigenvalue weighted by Gasteiger charge is 2.06. The molecule has 0 aliphatic heterocycles. The molecule has 0 aliphatic rings. The number of amides is 1. The van der Waals surface area contributed by atoms with Gasteiger partial charge in [0.25, 0.3) is 5.91 Å². The summed E-state index contributed by atoms with van der Waals surface area (Å²) in [6.45, 7) is 4.86. The number of ether oxygens (including phenoxy) is 1. The molecule has 1 amide bonds. The molecule has 1 aromatic rings. The summed E-state index contributed by atoms with van der Waals surface area (Å²) in [5.74, 6) is 0.644. The van der Waals surface area contributed by atoms with Crippen LogP contribution in [0.4, 0.5) is 0 Å². The summed E-state index contributed by atoms with van der Waals surface area (Å²) in [7, 11) is 1.90. The van der Waals surface area contributed by atoms with Crippen LogP contribution < -0.4 is 15.4 Å². The van der Waals surface area contributed by atoms with E-state index >= 15 is 0 Å². The maximum atomic E-state index is 11.5. The third kappa shape index (κ3) is 5.19. The van der Waals surface area contributed by atoms with Gasteiger partial charge in [0.2, 0.25) is 0 Å². The molecule has 2 N–H and O–H groups in total. The Balaban J connectivity index is 2.43. The Morgan fingerprint density at radius 1 is 1.44 bits per heavy atom. The van der Waals surface area contributed by atoms with Gasteiger partial charge >= 0.3 is 0 Å². The standard InChI is InChI=1S/C14H22N2O2/c1-4-11(2)16-14(17)10-18-13-7-5-6-12(8-13)9-15-3/h5-8,11,15H,4,9-10H2,1-3H3,(H,16,17). The normalized spacial score (nSPS) is 11.9. The van der Waals surface area contributed by atoms with Gasteiger partial charge in [0, 0.05) is 12.6 Å². The van der Waals surface area contributed by atoms with Crippen LogP contribution in [0.15, 0.2) is 24.3 Å². The van der Waals surface area contributed by atoms with Crippen LogP contribution in [0.3, 0.4) is 0 Å². The molecular weight excluding hydrogens is 228 g/mol. The zero-order valence-corrected chi connectivity index (χ0v) is 11.3. The van der Waals surface area contributed by atoms with Crippen molar-refractivity contribution in [1.82, 2.24) is 10.6 Å². The molecule has 0 saturated heterocycles. The van der Waals surface area contributed by atoms with Crippen LogP contribution in [0.25, 0.3) is 0 Å². The van der Waals surface area contributed by atoms with Crippen molar-refractivity contribution in [3.8, 4) is 5.75 Å². The van der Waals surface area contributed by atoms with Crippen molar-refractivity contribution in [2.45, 2.75) is 32.9 Å². The quantitative estimate of drug-likeness (QED) is 0.774. The monoisotopic (exact) mass is 250 g/mol. The summed E-state index contributed by atoms with van der Waals surface area (Å²) < 4.78 is 5.46. The van der Waals surface area contributed by atoms with Crippen LogP contribution in [0.1, 0.15) is 25.8 Å². The summed E-state index contributed by atoms with van der Waals surface area (Å²) in [6.07, 6.45) is 0.920. The first-order valence-corrected chi connectivity index (χ1v) is 6.31. The highest BCUT2D eigenvalue weighted by Crippen LogP contribution is 2.12. The lowest BCUT2D eigenvalue weighted by molar-refractivity contribution is -0.123. The molecule has 0 radical (unpaired) electrons. The molecule has 4 heteroatoms. The minimum Gasteiger partial charge on any atom is -0.484 e. The summed E-state index contributed by atoms with van der Waals surface area (Å²) in [5, 5.41) is 5.94. The SMILES string of the molecule is CCC(C)NC(=O)COc1cccc(CNC)c1. The average molecular weight is 250 g/mol. The van der Waals surface area contributed by atoms with Gasteiger partial charge in [-0.1, -0.05) is 19.1 Å². The third-order valence-electron chi connectivity index (χ3n) is 2.67. The molecule has 0 spiro atoms. The molecule has 18 heavy (non-hydrogen) atoms. The van der Waals surface area contributed by atoms with E-state index in [0.29, 0.717) is 0 Å². The number of benzene rings is 1. The van der Waals surface area contributed by atoms with Gasteiger partial charge in [-0.25, -0.2) is 0 Å². The maximum absolute atomic E-state index is 11.5. The second-order valence-corrected chi connectivity index (χ2v) is 4.34. The van der Waals surface area contributed by atoms with Crippen molar-refractivity contribution in [3.05, 3.63) is 29.8 Å². The predicted octanol–water partition coefficient (Wildman–Crippen LogP) is 1.70. The fourth-order valence-corrected chi connectivity index (χ4v) is 1.52. The summed E-state index contributed by atoms with van der Waals surface area (Å²) in [6, 6.07) is 7.93. The number of carbonyl (C=O) groups is 1. The van der Waals surface area contributed by atoms with Gasteiger partial charge in [0.1, 0.15) is 5.75 Å². The molecule has 0 aromatic heterocycles. The van der Waals surface area contributed by atoms with Crippen LogP contribution in [0.5, 0.6) is 5.75 Å². The van der Waals surface area contributed by atoms with E-state index in [-0.39, 0.29) is 18.6 Å². The van der Waals surface area contributed by atoms with E-state index in [9.17, 15) is 4.79 Å². The van der Waals surface area contributed by atoms with E-state index in [2.05, 4.69) is 10.6 Å². The molecule has 1 rings (SSSR count). The van der Waals surface area contributed by atoms with E-state index < -0.39 is 0 Å². The Morgan fingerprint density at radius 2 is 2.22 bits per heavy atom. The topological polar surface area (TPSA) is 50.4 Å². The summed E-state index contributed by atoms with van der Waals surface area (Å²) in [5.41, 5.74) is 1.14. The Labute approximate surface area is 109 Å². The van der Waals surface area contributed by atoms with Gasteiger partial charge in [0.15, 0.2) is 6.61 Å². The molecule has 0 bridgehead atoms. The maximum Gasteiger partial charge on any atom is 0.258 e. The molecule has 1 unspecified atom stereocenters. The van der Waals surface area contributed by atoms with E-state index in [1.54, 1.807) is 0 Å². The fraction of sp³-hybridized carbons (Fsp3) is 0.500. The first-order chi connectivity index (χ1) is 8.65. The Kier molecular flexibility index (Phi) is 6.22. The van der Waals surface area contributed by atoms with Gasteiger partial charge in [-0.15, -0.1) is 0 Å². The first kappa shape index (κ1) is 14.5. The van der Waals surface area contributed by atoms with Gasteiger partial charge in [-0.05, 0) is 38.1 Å². The Bertz CT molecular complexity index is 380. The van der Waals surface area contributed by atoms with Gasteiger partial charge in [-0.3, -0.25) is 4.79 Å². The minimum absolute atomic E-state index is 0.0628. The zero-order chi connectivity index (χ0) is 13.4. The smallest absolute Gasteiger partial charge is 0.258 e. The number of nitrogens with one attached hydrogen (secondary N) is 2. The number of hydrogen-bond donors (Lipinski definition) is 2.